The van der Waals surface area contributed by atoms with E-state index in [2.05, 4.69) is 38.1 Å². The highest BCUT2D eigenvalue weighted by Crippen LogP contribution is 2.29. The first kappa shape index (κ1) is 34.3. The van der Waals surface area contributed by atoms with Gasteiger partial charge in [-0.3, -0.25) is 0 Å². The van der Waals surface area contributed by atoms with Crippen LogP contribution in [0.5, 0.6) is 23.0 Å². The third-order valence-electron chi connectivity index (χ3n) is 8.22. The number of hydrogen-bond acceptors (Lipinski definition) is 4. The summed E-state index contributed by atoms with van der Waals surface area (Å²) in [6, 6.07) is 29.5. The fourth-order valence-corrected chi connectivity index (χ4v) is 6.71. The topological polar surface area (TPSA) is 52.6 Å². The van der Waals surface area contributed by atoms with Crippen molar-refractivity contribution in [1.82, 2.24) is 0 Å². The zero-order valence-electron chi connectivity index (χ0n) is 27.2. The van der Waals surface area contributed by atoms with Crippen molar-refractivity contribution in [1.29, 1.82) is 0 Å². The van der Waals surface area contributed by atoms with E-state index in [0.717, 1.165) is 24.3 Å². The van der Waals surface area contributed by atoms with E-state index in [1.54, 1.807) is 48.5 Å². The average molecular weight is 627 g/mol. The van der Waals surface area contributed by atoms with Crippen LogP contribution < -0.4 is 9.47 Å². The van der Waals surface area contributed by atoms with Crippen LogP contribution in [0.1, 0.15) is 102 Å². The molecule has 0 N–H and O–H groups in total. The molecule has 4 aromatic carbocycles. The summed E-state index contributed by atoms with van der Waals surface area (Å²) in [5, 5.41) is 0. The standard InChI is InChI=1S/C40H50O4S/c1-3-5-7-9-11-13-15-33-17-21-35(22-18-33)43-37-25-29-39(30-26-37)45(41,42)40-31-27-38(28-32-40)44-36-23-19-34(20-24-36)16-14-12-10-8-6-4-2/h17-32H,3-16H2,1-2H3. The molecule has 4 nitrogen and oxygen atoms in total. The summed E-state index contributed by atoms with van der Waals surface area (Å²) >= 11 is 0. The maximum Gasteiger partial charge on any atom is 0.206 e. The first-order chi connectivity index (χ1) is 22.0. The zero-order chi connectivity index (χ0) is 31.7. The summed E-state index contributed by atoms with van der Waals surface area (Å²) in [4.78, 5) is 0.442. The van der Waals surface area contributed by atoms with E-state index in [1.807, 2.05) is 24.3 Å². The number of sulfone groups is 1. The summed E-state index contributed by atoms with van der Waals surface area (Å²) < 4.78 is 38.5. The minimum atomic E-state index is -3.67. The number of unbranched alkanes of at least 4 members (excludes halogenated alkanes) is 10. The number of ether oxygens (including phenoxy) is 2. The first-order valence-electron chi connectivity index (χ1n) is 17.0. The maximum absolute atomic E-state index is 13.3. The van der Waals surface area contributed by atoms with Crippen molar-refractivity contribution in [3.05, 3.63) is 108 Å². The van der Waals surface area contributed by atoms with Crippen molar-refractivity contribution in [2.45, 2.75) is 114 Å². The van der Waals surface area contributed by atoms with Crippen molar-refractivity contribution in [3.8, 4) is 23.0 Å². The van der Waals surface area contributed by atoms with Crippen LogP contribution in [-0.2, 0) is 22.7 Å². The van der Waals surface area contributed by atoms with E-state index in [4.69, 9.17) is 9.47 Å². The second-order valence-electron chi connectivity index (χ2n) is 12.0. The second kappa shape index (κ2) is 18.4. The molecule has 4 aromatic rings. The number of benzene rings is 4. The van der Waals surface area contributed by atoms with Crippen molar-refractivity contribution in [2.75, 3.05) is 0 Å². The van der Waals surface area contributed by atoms with Crippen LogP contribution >= 0.6 is 0 Å². The lowest BCUT2D eigenvalue weighted by Crippen LogP contribution is -2.01. The third kappa shape index (κ3) is 11.4. The van der Waals surface area contributed by atoms with Gasteiger partial charge in [-0.25, -0.2) is 8.42 Å². The third-order valence-corrected chi connectivity index (χ3v) is 10.0. The highest BCUT2D eigenvalue weighted by molar-refractivity contribution is 7.91. The summed E-state index contributed by atoms with van der Waals surface area (Å²) in [6.07, 6.45) is 17.6. The van der Waals surface area contributed by atoms with E-state index in [1.165, 1.54) is 88.2 Å². The Hall–Kier alpha value is -3.57. The molecule has 240 valence electrons. The molecule has 0 fully saturated rings. The van der Waals surface area contributed by atoms with Crippen molar-refractivity contribution in [2.24, 2.45) is 0 Å². The van der Waals surface area contributed by atoms with Crippen molar-refractivity contribution in [3.63, 3.8) is 0 Å². The quantitative estimate of drug-likeness (QED) is 0.0916. The van der Waals surface area contributed by atoms with E-state index in [-0.39, 0.29) is 9.79 Å². The van der Waals surface area contributed by atoms with Gasteiger partial charge in [0.2, 0.25) is 9.84 Å². The van der Waals surface area contributed by atoms with Gasteiger partial charge in [-0.15, -0.1) is 0 Å². The van der Waals surface area contributed by atoms with Gasteiger partial charge in [0, 0.05) is 0 Å². The van der Waals surface area contributed by atoms with E-state index >= 15 is 0 Å². The highest BCUT2D eigenvalue weighted by atomic mass is 32.2. The summed E-state index contributed by atoms with van der Waals surface area (Å²) in [5.41, 5.74) is 2.62. The molecule has 45 heavy (non-hydrogen) atoms. The van der Waals surface area contributed by atoms with E-state index in [9.17, 15) is 8.42 Å². The van der Waals surface area contributed by atoms with Gasteiger partial charge in [0.1, 0.15) is 23.0 Å². The smallest absolute Gasteiger partial charge is 0.206 e. The molecule has 4 rings (SSSR count). The molecule has 0 spiro atoms. The van der Waals surface area contributed by atoms with Gasteiger partial charge in [-0.2, -0.15) is 0 Å². The lowest BCUT2D eigenvalue weighted by Gasteiger charge is -2.10. The molecule has 0 unspecified atom stereocenters. The van der Waals surface area contributed by atoms with Crippen LogP contribution in [0, 0.1) is 0 Å². The molecule has 0 heterocycles. The Labute approximate surface area is 271 Å². The molecule has 0 radical (unpaired) electrons. The molecule has 0 bridgehead atoms. The van der Waals surface area contributed by atoms with Gasteiger partial charge in [0.15, 0.2) is 0 Å². The Bertz CT molecular complexity index is 1380. The Balaban J connectivity index is 1.25. The number of aryl methyl sites for hydroxylation is 2. The fraction of sp³-hybridized carbons (Fsp3) is 0.400. The Morgan fingerprint density at radius 3 is 1.02 bits per heavy atom. The molecule has 0 atom stereocenters. The first-order valence-corrected chi connectivity index (χ1v) is 18.4. The fourth-order valence-electron chi connectivity index (χ4n) is 5.45. The summed E-state index contributed by atoms with van der Waals surface area (Å²) in [5.74, 6) is 2.67. The molecule has 0 aliphatic carbocycles. The lowest BCUT2D eigenvalue weighted by molar-refractivity contribution is 0.482. The predicted octanol–water partition coefficient (Wildman–Crippen LogP) is 11.9. The van der Waals surface area contributed by atoms with Crippen LogP contribution in [0.3, 0.4) is 0 Å². The summed E-state index contributed by atoms with van der Waals surface area (Å²) in [7, 11) is -3.67. The Morgan fingerprint density at radius 1 is 0.400 bits per heavy atom. The van der Waals surface area contributed by atoms with E-state index < -0.39 is 9.84 Å². The second-order valence-corrected chi connectivity index (χ2v) is 13.9. The van der Waals surface area contributed by atoms with Gasteiger partial charge in [-0.1, -0.05) is 102 Å². The molecular weight excluding hydrogens is 577 g/mol. The monoisotopic (exact) mass is 626 g/mol. The number of rotatable bonds is 20. The van der Waals surface area contributed by atoms with Crippen molar-refractivity contribution >= 4 is 9.84 Å². The van der Waals surface area contributed by atoms with Gasteiger partial charge in [0.05, 0.1) is 9.79 Å². The Morgan fingerprint density at radius 2 is 0.689 bits per heavy atom. The van der Waals surface area contributed by atoms with Gasteiger partial charge >= 0.3 is 0 Å². The molecule has 0 saturated heterocycles. The maximum atomic E-state index is 13.3. The average Bonchev–Trinajstić information content (AvgIpc) is 3.06. The van der Waals surface area contributed by atoms with Gasteiger partial charge in [0.25, 0.3) is 0 Å². The minimum Gasteiger partial charge on any atom is -0.457 e. The van der Waals surface area contributed by atoms with E-state index in [0.29, 0.717) is 11.5 Å². The van der Waals surface area contributed by atoms with Crippen LogP contribution in [-0.4, -0.2) is 8.42 Å². The number of hydrogen-bond donors (Lipinski definition) is 0. The SMILES string of the molecule is CCCCCCCCc1ccc(Oc2ccc(S(=O)(=O)c3ccc(Oc4ccc(CCCCCCCC)cc4)cc3)cc2)cc1. The lowest BCUT2D eigenvalue weighted by atomic mass is 10.0. The minimum absolute atomic E-state index is 0.221. The predicted molar refractivity (Wildman–Crippen MR) is 186 cm³/mol. The molecular formula is C40H50O4S. The van der Waals surface area contributed by atoms with Crippen LogP contribution in [0.4, 0.5) is 0 Å². The molecule has 0 amide bonds. The van der Waals surface area contributed by atoms with Gasteiger partial charge in [-0.05, 0) is 110 Å². The Kier molecular flexibility index (Phi) is 14.0. The normalized spacial score (nSPS) is 11.4. The largest absolute Gasteiger partial charge is 0.457 e. The molecule has 0 aromatic heterocycles. The molecule has 0 aliphatic heterocycles. The van der Waals surface area contributed by atoms with Crippen LogP contribution in [0.25, 0.3) is 0 Å². The van der Waals surface area contributed by atoms with Crippen LogP contribution in [0.15, 0.2) is 107 Å². The molecule has 0 saturated carbocycles. The highest BCUT2D eigenvalue weighted by Gasteiger charge is 2.18. The van der Waals surface area contributed by atoms with Crippen molar-refractivity contribution < 1.29 is 17.9 Å². The summed E-state index contributed by atoms with van der Waals surface area (Å²) in [6.45, 7) is 4.49. The zero-order valence-corrected chi connectivity index (χ0v) is 28.0. The van der Waals surface area contributed by atoms with Crippen LogP contribution in [0.2, 0.25) is 0 Å². The molecule has 5 heteroatoms. The molecule has 0 aliphatic rings. The van der Waals surface area contributed by atoms with Gasteiger partial charge < -0.3 is 9.47 Å².